The van der Waals surface area contributed by atoms with Crippen LogP contribution in [0.3, 0.4) is 0 Å². The minimum absolute atomic E-state index is 0.00748. The molecule has 3 fully saturated rings. The van der Waals surface area contributed by atoms with Gasteiger partial charge < -0.3 is 23.8 Å². The van der Waals surface area contributed by atoms with E-state index in [0.717, 1.165) is 24.8 Å². The lowest BCUT2D eigenvalue weighted by atomic mass is 9.85. The molecule has 1 N–H and O–H groups in total. The van der Waals surface area contributed by atoms with Crippen LogP contribution in [-0.2, 0) is 20.6 Å². The van der Waals surface area contributed by atoms with Crippen LogP contribution in [0.5, 0.6) is 0 Å². The van der Waals surface area contributed by atoms with Gasteiger partial charge in [-0.1, -0.05) is 51.1 Å². The first-order chi connectivity index (χ1) is 19.6. The molecule has 42 heavy (non-hydrogen) atoms. The molecule has 2 aliphatic heterocycles. The maximum atomic E-state index is 13.6. The predicted octanol–water partition coefficient (Wildman–Crippen LogP) is 6.12. The van der Waals surface area contributed by atoms with Crippen LogP contribution < -0.4 is 5.32 Å². The van der Waals surface area contributed by atoms with Crippen LogP contribution in [0.1, 0.15) is 90.2 Å². The Kier molecular flexibility index (Phi) is 7.95. The smallest absolute Gasteiger partial charge is 0.408 e. The zero-order valence-corrected chi connectivity index (χ0v) is 27.1. The van der Waals surface area contributed by atoms with Crippen molar-refractivity contribution >= 4 is 20.4 Å². The van der Waals surface area contributed by atoms with Crippen molar-refractivity contribution in [2.45, 2.75) is 109 Å². The first-order valence-corrected chi connectivity index (χ1v) is 17.7. The molecule has 11 nitrogen and oxygen atoms in total. The highest BCUT2D eigenvalue weighted by Crippen LogP contribution is 2.61. The number of hydrogen-bond acceptors (Lipinski definition) is 8. The van der Waals surface area contributed by atoms with E-state index in [4.69, 9.17) is 18.4 Å². The van der Waals surface area contributed by atoms with Crippen LogP contribution in [0.15, 0.2) is 34.7 Å². The van der Waals surface area contributed by atoms with E-state index in [1.807, 2.05) is 51.1 Å². The first-order valence-electron chi connectivity index (χ1n) is 14.8. The van der Waals surface area contributed by atoms with Gasteiger partial charge in [-0.25, -0.2) is 9.59 Å². The van der Waals surface area contributed by atoms with Gasteiger partial charge in [0.1, 0.15) is 24.3 Å². The van der Waals surface area contributed by atoms with Crippen molar-refractivity contribution in [2.75, 3.05) is 13.2 Å². The molecule has 1 aromatic carbocycles. The van der Waals surface area contributed by atoms with E-state index in [0.29, 0.717) is 19.0 Å². The van der Waals surface area contributed by atoms with Crippen molar-refractivity contribution in [1.29, 1.82) is 0 Å². The third-order valence-corrected chi connectivity index (χ3v) is 13.5. The van der Waals surface area contributed by atoms with Crippen LogP contribution in [0, 0.1) is 5.41 Å². The molecule has 1 aromatic heterocycles. The molecule has 12 heteroatoms. The summed E-state index contributed by atoms with van der Waals surface area (Å²) < 4.78 is 18.2. The van der Waals surface area contributed by atoms with Crippen molar-refractivity contribution in [3.05, 3.63) is 47.7 Å². The summed E-state index contributed by atoms with van der Waals surface area (Å²) in [5.41, 5.74) is 0.308. The molecule has 0 radical (unpaired) electrons. The van der Waals surface area contributed by atoms with Crippen molar-refractivity contribution in [1.82, 2.24) is 25.5 Å². The number of carbonyl (C=O) groups excluding carboxylic acids is 2. The second kappa shape index (κ2) is 10.9. The number of aromatic nitrogens is 2. The first kappa shape index (κ1) is 30.5. The molecule has 230 valence electrons. The summed E-state index contributed by atoms with van der Waals surface area (Å²) in [6.07, 6.45) is 2.17. The van der Waals surface area contributed by atoms with Gasteiger partial charge in [-0.05, 0) is 69.1 Å². The maximum absolute atomic E-state index is 13.6. The average Bonchev–Trinajstić information content (AvgIpc) is 3.36. The lowest BCUT2D eigenvalue weighted by Crippen LogP contribution is -2.44. The number of nitrogens with zero attached hydrogens (tertiary/aromatic N) is 4. The van der Waals surface area contributed by atoms with E-state index < -0.39 is 26.1 Å². The van der Waals surface area contributed by atoms with Crippen molar-refractivity contribution in [3.8, 4) is 0 Å². The normalized spacial score (nSPS) is 22.4. The Bertz CT molecular complexity index is 1280. The molecule has 1 spiro atoms. The third kappa shape index (κ3) is 6.35. The van der Waals surface area contributed by atoms with Crippen molar-refractivity contribution in [2.24, 2.45) is 5.41 Å². The van der Waals surface area contributed by atoms with Gasteiger partial charge in [0.25, 0.3) is 0 Å². The number of amides is 3. The van der Waals surface area contributed by atoms with Crippen LogP contribution in [0.25, 0.3) is 0 Å². The van der Waals surface area contributed by atoms with E-state index in [9.17, 15) is 9.59 Å². The largest absolute Gasteiger partial charge is 0.444 e. The number of benzene rings is 1. The SMILES string of the molecule is CC(C)(C)OC(=O)N[C@@H](CO[Si](C)(C)C(C)(C)C)c1nnc([C@@H]2CC3(CC3)[C@H]3CN2C(=O)N3OCc2ccccc2)o1. The van der Waals surface area contributed by atoms with Gasteiger partial charge in [0.05, 0.1) is 12.6 Å². The minimum atomic E-state index is -2.15. The molecule has 2 saturated heterocycles. The standard InChI is InChI=1S/C30H45N5O6Si/c1-28(2,3)41-26(36)31-21(19-39-42(7,8)29(4,5)6)24-32-33-25(40-24)22-16-30(14-15-30)23-17-34(22)27(37)35(23)38-18-20-12-10-9-11-13-20/h9-13,21-23H,14-19H2,1-8H3,(H,31,36)/t21-,22-,23+/m0/s1. The molecule has 2 bridgehead atoms. The van der Waals surface area contributed by atoms with Crippen LogP contribution in [0.2, 0.25) is 18.1 Å². The lowest BCUT2D eigenvalue weighted by Gasteiger charge is -2.37. The fourth-order valence-electron chi connectivity index (χ4n) is 5.37. The molecular weight excluding hydrogens is 554 g/mol. The summed E-state index contributed by atoms with van der Waals surface area (Å²) in [7, 11) is -2.15. The number of ether oxygens (including phenoxy) is 1. The van der Waals surface area contributed by atoms with E-state index in [1.165, 1.54) is 0 Å². The van der Waals surface area contributed by atoms with Gasteiger partial charge in [0.15, 0.2) is 8.32 Å². The van der Waals surface area contributed by atoms with Gasteiger partial charge in [-0.2, -0.15) is 5.06 Å². The van der Waals surface area contributed by atoms with Crippen LogP contribution >= 0.6 is 0 Å². The zero-order chi connectivity index (χ0) is 30.5. The Morgan fingerprint density at radius 1 is 1.14 bits per heavy atom. The number of fused-ring (bicyclic) bond motifs is 3. The second-order valence-corrected chi connectivity index (χ2v) is 19.2. The van der Waals surface area contributed by atoms with Crippen LogP contribution in [-0.4, -0.2) is 65.4 Å². The number of hydroxylamine groups is 2. The van der Waals surface area contributed by atoms with E-state index in [1.54, 1.807) is 9.96 Å². The Labute approximate surface area is 249 Å². The molecule has 5 rings (SSSR count). The van der Waals surface area contributed by atoms with E-state index in [2.05, 4.69) is 49.4 Å². The van der Waals surface area contributed by atoms with E-state index in [-0.39, 0.29) is 41.1 Å². The van der Waals surface area contributed by atoms with Crippen LogP contribution in [0.4, 0.5) is 9.59 Å². The number of rotatable bonds is 9. The Balaban J connectivity index is 1.34. The highest BCUT2D eigenvalue weighted by molar-refractivity contribution is 6.74. The minimum Gasteiger partial charge on any atom is -0.444 e. The molecule has 3 aliphatic rings. The molecule has 3 amide bonds. The van der Waals surface area contributed by atoms with Gasteiger partial charge in [0.2, 0.25) is 11.8 Å². The zero-order valence-electron chi connectivity index (χ0n) is 26.1. The summed E-state index contributed by atoms with van der Waals surface area (Å²) in [4.78, 5) is 34.2. The Hall–Kier alpha value is -2.96. The summed E-state index contributed by atoms with van der Waals surface area (Å²) in [5.74, 6) is 0.585. The number of piperidine rings is 1. The molecule has 1 aliphatic carbocycles. The average molecular weight is 600 g/mol. The number of hydrogen-bond donors (Lipinski definition) is 1. The topological polar surface area (TPSA) is 119 Å². The van der Waals surface area contributed by atoms with Gasteiger partial charge in [-0.15, -0.1) is 10.2 Å². The quantitative estimate of drug-likeness (QED) is 0.343. The second-order valence-electron chi connectivity index (χ2n) is 14.4. The number of alkyl carbamates (subject to hydrolysis) is 1. The Morgan fingerprint density at radius 2 is 1.83 bits per heavy atom. The van der Waals surface area contributed by atoms with Crippen molar-refractivity contribution < 1.29 is 28.0 Å². The summed E-state index contributed by atoms with van der Waals surface area (Å²) in [5, 5.41) is 13.1. The monoisotopic (exact) mass is 599 g/mol. The molecule has 1 saturated carbocycles. The predicted molar refractivity (Wildman–Crippen MR) is 158 cm³/mol. The molecule has 2 aromatic rings. The highest BCUT2D eigenvalue weighted by atomic mass is 28.4. The van der Waals surface area contributed by atoms with Crippen molar-refractivity contribution in [3.63, 3.8) is 0 Å². The molecule has 0 unspecified atom stereocenters. The molecule has 3 heterocycles. The molecule has 3 atom stereocenters. The van der Waals surface area contributed by atoms with Gasteiger partial charge in [0, 0.05) is 6.54 Å². The summed E-state index contributed by atoms with van der Waals surface area (Å²) in [6, 6.07) is 8.58. The highest BCUT2D eigenvalue weighted by Gasteiger charge is 2.64. The third-order valence-electron chi connectivity index (χ3n) is 9.02. The number of nitrogens with one attached hydrogen (secondary N) is 1. The maximum Gasteiger partial charge on any atom is 0.408 e. The fourth-order valence-corrected chi connectivity index (χ4v) is 6.39. The van der Waals surface area contributed by atoms with Gasteiger partial charge in [-0.3, -0.25) is 4.84 Å². The lowest BCUT2D eigenvalue weighted by molar-refractivity contribution is -0.153. The Morgan fingerprint density at radius 3 is 2.45 bits per heavy atom. The molecular formula is C30H45N5O6Si. The summed E-state index contributed by atoms with van der Waals surface area (Å²) >= 11 is 0. The fraction of sp³-hybridized carbons (Fsp3) is 0.667. The number of urea groups is 1. The van der Waals surface area contributed by atoms with Gasteiger partial charge >= 0.3 is 12.1 Å². The number of carbonyl (C=O) groups is 2. The summed E-state index contributed by atoms with van der Waals surface area (Å²) in [6.45, 7) is 17.2. The van der Waals surface area contributed by atoms with E-state index >= 15 is 0 Å².